The molecule has 0 saturated carbocycles. The topological polar surface area (TPSA) is 64.4 Å². The van der Waals surface area contributed by atoms with Crippen molar-refractivity contribution in [3.63, 3.8) is 0 Å². The fraction of sp³-hybridized carbons (Fsp3) is 0.312. The van der Waals surface area contributed by atoms with Crippen LogP contribution in [0.15, 0.2) is 41.0 Å². The van der Waals surface area contributed by atoms with Crippen LogP contribution < -0.4 is 4.90 Å². The summed E-state index contributed by atoms with van der Waals surface area (Å²) in [7, 11) is 1.34. The molecule has 0 N–H and O–H groups in total. The van der Waals surface area contributed by atoms with Crippen LogP contribution >= 0.6 is 15.9 Å². The zero-order chi connectivity index (χ0) is 16.4. The van der Waals surface area contributed by atoms with E-state index in [1.54, 1.807) is 21.8 Å². The molecule has 1 aliphatic rings. The summed E-state index contributed by atoms with van der Waals surface area (Å²) < 4.78 is 7.52. The van der Waals surface area contributed by atoms with Crippen LogP contribution in [0.1, 0.15) is 12.0 Å². The van der Waals surface area contributed by atoms with Crippen LogP contribution in [0.3, 0.4) is 0 Å². The molecule has 2 aromatic rings. The smallest absolute Gasteiger partial charge is 0.311 e. The van der Waals surface area contributed by atoms with E-state index in [0.717, 1.165) is 10.0 Å². The lowest BCUT2D eigenvalue weighted by Gasteiger charge is -2.18. The molecule has 0 radical (unpaired) electrons. The molecule has 6 nitrogen and oxygen atoms in total. The average molecular weight is 378 g/mol. The number of methoxy groups -OCH3 is 1. The van der Waals surface area contributed by atoms with Crippen LogP contribution in [0.5, 0.6) is 0 Å². The van der Waals surface area contributed by atoms with Crippen molar-refractivity contribution in [2.45, 2.75) is 13.0 Å². The molecule has 1 atom stereocenters. The number of benzene rings is 1. The van der Waals surface area contributed by atoms with E-state index in [4.69, 9.17) is 4.74 Å². The third-order valence-corrected chi connectivity index (χ3v) is 4.40. The Labute approximate surface area is 142 Å². The predicted molar refractivity (Wildman–Crippen MR) is 87.9 cm³/mol. The van der Waals surface area contributed by atoms with Crippen LogP contribution in [0.25, 0.3) is 0 Å². The molecular weight excluding hydrogens is 362 g/mol. The SMILES string of the molecule is COC(=O)C1CC(=O)N(c2ccnn2Cc2ccc(Br)cc2)C1. The minimum absolute atomic E-state index is 0.0852. The number of anilines is 1. The quantitative estimate of drug-likeness (QED) is 0.766. The number of halogens is 1. The monoisotopic (exact) mass is 377 g/mol. The summed E-state index contributed by atoms with van der Waals surface area (Å²) in [5.41, 5.74) is 1.08. The summed E-state index contributed by atoms with van der Waals surface area (Å²) in [6.45, 7) is 0.889. The molecule has 1 saturated heterocycles. The highest BCUT2D eigenvalue weighted by Crippen LogP contribution is 2.26. The predicted octanol–water partition coefficient (Wildman–Crippen LogP) is 2.22. The van der Waals surface area contributed by atoms with Gasteiger partial charge in [0.15, 0.2) is 0 Å². The lowest BCUT2D eigenvalue weighted by molar-refractivity contribution is -0.145. The van der Waals surface area contributed by atoms with Crippen LogP contribution in [-0.2, 0) is 20.9 Å². The van der Waals surface area contributed by atoms with Crippen molar-refractivity contribution in [3.8, 4) is 0 Å². The first kappa shape index (κ1) is 15.7. The van der Waals surface area contributed by atoms with Gasteiger partial charge >= 0.3 is 5.97 Å². The Morgan fingerprint density at radius 2 is 2.09 bits per heavy atom. The van der Waals surface area contributed by atoms with Gasteiger partial charge in [0.25, 0.3) is 0 Å². The first-order valence-electron chi connectivity index (χ1n) is 7.23. The van der Waals surface area contributed by atoms with Crippen molar-refractivity contribution in [1.82, 2.24) is 9.78 Å². The Balaban J connectivity index is 1.79. The van der Waals surface area contributed by atoms with E-state index in [0.29, 0.717) is 18.9 Å². The van der Waals surface area contributed by atoms with E-state index in [1.807, 2.05) is 24.3 Å². The van der Waals surface area contributed by atoms with Gasteiger partial charge in [-0.3, -0.25) is 14.5 Å². The first-order chi connectivity index (χ1) is 11.1. The number of aromatic nitrogens is 2. The van der Waals surface area contributed by atoms with Crippen molar-refractivity contribution in [2.75, 3.05) is 18.6 Å². The van der Waals surface area contributed by atoms with E-state index < -0.39 is 5.92 Å². The van der Waals surface area contributed by atoms with Crippen LogP contribution in [-0.4, -0.2) is 35.3 Å². The number of carbonyl (C=O) groups excluding carboxylic acids is 2. The summed E-state index contributed by atoms with van der Waals surface area (Å²) in [5, 5.41) is 4.30. The Morgan fingerprint density at radius 1 is 1.35 bits per heavy atom. The molecule has 7 heteroatoms. The molecule has 2 heterocycles. The average Bonchev–Trinajstić information content (AvgIpc) is 3.15. The van der Waals surface area contributed by atoms with E-state index in [2.05, 4.69) is 21.0 Å². The highest BCUT2D eigenvalue weighted by molar-refractivity contribution is 9.10. The van der Waals surface area contributed by atoms with E-state index >= 15 is 0 Å². The highest BCUT2D eigenvalue weighted by Gasteiger charge is 2.37. The molecule has 1 unspecified atom stereocenters. The Morgan fingerprint density at radius 3 is 2.78 bits per heavy atom. The van der Waals surface area contributed by atoms with Crippen LogP contribution in [0.2, 0.25) is 0 Å². The maximum Gasteiger partial charge on any atom is 0.311 e. The second-order valence-corrected chi connectivity index (χ2v) is 6.32. The molecule has 3 rings (SSSR count). The minimum atomic E-state index is -0.413. The fourth-order valence-corrected chi connectivity index (χ4v) is 2.96. The van der Waals surface area contributed by atoms with Gasteiger partial charge in [-0.05, 0) is 17.7 Å². The van der Waals surface area contributed by atoms with Gasteiger partial charge in [0, 0.05) is 23.5 Å². The third kappa shape index (κ3) is 3.29. The number of hydrogen-bond donors (Lipinski definition) is 0. The summed E-state index contributed by atoms with van der Waals surface area (Å²) in [4.78, 5) is 25.5. The van der Waals surface area contributed by atoms with Gasteiger partial charge in [-0.15, -0.1) is 0 Å². The maximum atomic E-state index is 12.2. The first-order valence-corrected chi connectivity index (χ1v) is 8.02. The number of hydrogen-bond acceptors (Lipinski definition) is 4. The molecule has 1 aromatic carbocycles. The fourth-order valence-electron chi connectivity index (χ4n) is 2.69. The number of nitrogens with zero attached hydrogens (tertiary/aromatic N) is 3. The van der Waals surface area contributed by atoms with Gasteiger partial charge < -0.3 is 4.74 Å². The van der Waals surface area contributed by atoms with Crippen molar-refractivity contribution in [2.24, 2.45) is 5.92 Å². The second-order valence-electron chi connectivity index (χ2n) is 5.40. The van der Waals surface area contributed by atoms with Gasteiger partial charge in [0.1, 0.15) is 5.82 Å². The molecule has 1 aromatic heterocycles. The summed E-state index contributed by atoms with van der Waals surface area (Å²) in [5.74, 6) is -0.148. The largest absolute Gasteiger partial charge is 0.469 e. The standard InChI is InChI=1S/C16H16BrN3O3/c1-23-16(22)12-8-15(21)19(10-12)14-6-7-18-20(14)9-11-2-4-13(17)5-3-11/h2-7,12H,8-10H2,1H3. The second kappa shape index (κ2) is 6.54. The highest BCUT2D eigenvalue weighted by atomic mass is 79.9. The number of ether oxygens (including phenoxy) is 1. The number of amides is 1. The van der Waals surface area contributed by atoms with E-state index in [9.17, 15) is 9.59 Å². The molecular formula is C16H16BrN3O3. The molecule has 0 spiro atoms. The van der Waals surface area contributed by atoms with Gasteiger partial charge in [0.2, 0.25) is 5.91 Å². The van der Waals surface area contributed by atoms with Crippen LogP contribution in [0.4, 0.5) is 5.82 Å². The third-order valence-electron chi connectivity index (χ3n) is 3.88. The molecule has 23 heavy (non-hydrogen) atoms. The van der Waals surface area contributed by atoms with E-state index in [-0.39, 0.29) is 18.3 Å². The molecule has 1 fully saturated rings. The Hall–Kier alpha value is -2.15. The Bertz CT molecular complexity index is 726. The lowest BCUT2D eigenvalue weighted by Crippen LogP contribution is -2.28. The molecule has 120 valence electrons. The zero-order valence-electron chi connectivity index (χ0n) is 12.6. The summed E-state index contributed by atoms with van der Waals surface area (Å²) >= 11 is 3.41. The minimum Gasteiger partial charge on any atom is -0.469 e. The summed E-state index contributed by atoms with van der Waals surface area (Å²) in [6, 6.07) is 9.72. The van der Waals surface area contributed by atoms with Crippen molar-refractivity contribution < 1.29 is 14.3 Å². The number of rotatable bonds is 4. The lowest BCUT2D eigenvalue weighted by atomic mass is 10.1. The maximum absolute atomic E-state index is 12.2. The number of carbonyl (C=O) groups is 2. The molecule has 0 bridgehead atoms. The van der Waals surface area contributed by atoms with Crippen molar-refractivity contribution in [1.29, 1.82) is 0 Å². The van der Waals surface area contributed by atoms with Gasteiger partial charge in [0.05, 0.1) is 25.8 Å². The molecule has 0 aliphatic carbocycles. The van der Waals surface area contributed by atoms with E-state index in [1.165, 1.54) is 7.11 Å². The van der Waals surface area contributed by atoms with Crippen molar-refractivity contribution >= 4 is 33.6 Å². The Kier molecular flexibility index (Phi) is 4.47. The normalized spacial score (nSPS) is 17.6. The van der Waals surface area contributed by atoms with Gasteiger partial charge in [-0.2, -0.15) is 5.10 Å². The van der Waals surface area contributed by atoms with Crippen LogP contribution in [0, 0.1) is 5.92 Å². The molecule has 1 amide bonds. The molecule has 1 aliphatic heterocycles. The van der Waals surface area contributed by atoms with Crippen molar-refractivity contribution in [3.05, 3.63) is 46.6 Å². The summed E-state index contributed by atoms with van der Waals surface area (Å²) in [6.07, 6.45) is 1.84. The van der Waals surface area contributed by atoms with Gasteiger partial charge in [-0.25, -0.2) is 4.68 Å². The number of esters is 1. The van der Waals surface area contributed by atoms with Gasteiger partial charge in [-0.1, -0.05) is 28.1 Å². The zero-order valence-corrected chi connectivity index (χ0v) is 14.2.